The van der Waals surface area contributed by atoms with Crippen LogP contribution in [0.4, 0.5) is 5.69 Å². The van der Waals surface area contributed by atoms with E-state index in [1.165, 1.54) is 0 Å². The maximum Gasteiger partial charge on any atom is 0.365 e. The van der Waals surface area contributed by atoms with Crippen LogP contribution < -0.4 is 14.8 Å². The van der Waals surface area contributed by atoms with Crippen molar-refractivity contribution in [1.82, 2.24) is 4.98 Å². The third-order valence-electron chi connectivity index (χ3n) is 2.96. The van der Waals surface area contributed by atoms with Gasteiger partial charge in [0.2, 0.25) is 5.01 Å². The number of anilines is 1. The molecule has 0 saturated carbocycles. The van der Waals surface area contributed by atoms with E-state index >= 15 is 0 Å². The van der Waals surface area contributed by atoms with E-state index < -0.39 is 5.97 Å². The number of carbonyl (C=O) groups is 1. The van der Waals surface area contributed by atoms with Crippen molar-refractivity contribution in [3.8, 4) is 11.5 Å². The lowest BCUT2D eigenvalue weighted by Crippen LogP contribution is -2.02. The average Bonchev–Trinajstić information content (AvgIpc) is 2.84. The molecule has 21 heavy (non-hydrogen) atoms. The van der Waals surface area contributed by atoms with Crippen molar-refractivity contribution in [2.45, 2.75) is 13.0 Å². The Hall–Kier alpha value is -2.28. The molecule has 0 spiro atoms. The second kappa shape index (κ2) is 6.01. The highest BCUT2D eigenvalue weighted by Crippen LogP contribution is 2.32. The number of aromatic carboxylic acids is 1. The van der Waals surface area contributed by atoms with Crippen molar-refractivity contribution in [2.24, 2.45) is 0 Å². The van der Waals surface area contributed by atoms with E-state index in [9.17, 15) is 4.79 Å². The van der Waals surface area contributed by atoms with E-state index in [2.05, 4.69) is 10.3 Å². The number of nitrogens with zero attached hydrogens (tertiary/aromatic N) is 1. The van der Waals surface area contributed by atoms with Crippen molar-refractivity contribution < 1.29 is 19.4 Å². The van der Waals surface area contributed by atoms with Gasteiger partial charge in [0.05, 0.1) is 25.5 Å². The van der Waals surface area contributed by atoms with Gasteiger partial charge in [-0.3, -0.25) is 0 Å². The molecule has 2 aromatic rings. The molecule has 2 N–H and O–H groups in total. The SMILES string of the molecule is O=C(O)c1nc(CNc2ccc3c(c2)OCCCO3)cs1. The first-order chi connectivity index (χ1) is 10.2. The third-order valence-corrected chi connectivity index (χ3v) is 3.83. The molecule has 3 rings (SSSR count). The van der Waals surface area contributed by atoms with Crippen LogP contribution in [0.5, 0.6) is 11.5 Å². The van der Waals surface area contributed by atoms with E-state index in [1.807, 2.05) is 18.2 Å². The Morgan fingerprint density at radius 1 is 1.33 bits per heavy atom. The first-order valence-corrected chi connectivity index (χ1v) is 7.41. The van der Waals surface area contributed by atoms with Crippen LogP contribution in [0.2, 0.25) is 0 Å². The molecule has 2 heterocycles. The fraction of sp³-hybridized carbons (Fsp3) is 0.286. The van der Waals surface area contributed by atoms with Crippen LogP contribution in [0.3, 0.4) is 0 Å². The molecule has 0 atom stereocenters. The van der Waals surface area contributed by atoms with Gasteiger partial charge in [-0.1, -0.05) is 0 Å². The largest absolute Gasteiger partial charge is 0.490 e. The van der Waals surface area contributed by atoms with E-state index in [0.29, 0.717) is 25.5 Å². The maximum atomic E-state index is 10.8. The molecule has 1 aromatic carbocycles. The number of fused-ring (bicyclic) bond motifs is 1. The first kappa shape index (κ1) is 13.7. The number of carboxylic acid groups (broad SMARTS) is 1. The molecular weight excluding hydrogens is 292 g/mol. The number of nitrogens with one attached hydrogen (secondary N) is 1. The highest BCUT2D eigenvalue weighted by Gasteiger charge is 2.11. The second-order valence-electron chi connectivity index (χ2n) is 4.51. The van der Waals surface area contributed by atoms with Gasteiger partial charge in [0.25, 0.3) is 0 Å². The zero-order chi connectivity index (χ0) is 14.7. The molecule has 1 aliphatic rings. The molecule has 0 amide bonds. The van der Waals surface area contributed by atoms with Crippen LogP contribution in [-0.2, 0) is 6.54 Å². The van der Waals surface area contributed by atoms with Gasteiger partial charge in [-0.15, -0.1) is 11.3 Å². The summed E-state index contributed by atoms with van der Waals surface area (Å²) in [5, 5.41) is 13.9. The van der Waals surface area contributed by atoms with Crippen LogP contribution in [0.25, 0.3) is 0 Å². The summed E-state index contributed by atoms with van der Waals surface area (Å²) in [4.78, 5) is 14.8. The average molecular weight is 306 g/mol. The lowest BCUT2D eigenvalue weighted by molar-refractivity contribution is 0.0696. The fourth-order valence-electron chi connectivity index (χ4n) is 1.95. The Balaban J connectivity index is 1.67. The summed E-state index contributed by atoms with van der Waals surface area (Å²) in [6, 6.07) is 5.65. The van der Waals surface area contributed by atoms with E-state index in [0.717, 1.165) is 34.9 Å². The molecule has 0 radical (unpaired) electrons. The number of rotatable bonds is 4. The van der Waals surface area contributed by atoms with Gasteiger partial charge in [0.1, 0.15) is 0 Å². The highest BCUT2D eigenvalue weighted by molar-refractivity contribution is 7.11. The number of ether oxygens (including phenoxy) is 2. The zero-order valence-electron chi connectivity index (χ0n) is 11.2. The van der Waals surface area contributed by atoms with Gasteiger partial charge in [0.15, 0.2) is 11.5 Å². The van der Waals surface area contributed by atoms with Crippen LogP contribution in [0.1, 0.15) is 21.9 Å². The lowest BCUT2D eigenvalue weighted by Gasteiger charge is -2.10. The van der Waals surface area contributed by atoms with E-state index in [-0.39, 0.29) is 5.01 Å². The summed E-state index contributed by atoms with van der Waals surface area (Å²) in [5.41, 5.74) is 1.58. The molecule has 7 heteroatoms. The highest BCUT2D eigenvalue weighted by atomic mass is 32.1. The van der Waals surface area contributed by atoms with Crippen molar-refractivity contribution in [1.29, 1.82) is 0 Å². The number of benzene rings is 1. The van der Waals surface area contributed by atoms with Crippen LogP contribution in [0.15, 0.2) is 23.6 Å². The quantitative estimate of drug-likeness (QED) is 0.904. The lowest BCUT2D eigenvalue weighted by atomic mass is 10.2. The Bertz CT molecular complexity index is 656. The summed E-state index contributed by atoms with van der Waals surface area (Å²) in [6.07, 6.45) is 0.869. The fourth-order valence-corrected chi connectivity index (χ4v) is 2.61. The van der Waals surface area contributed by atoms with Gasteiger partial charge < -0.3 is 19.9 Å². The molecule has 0 unspecified atom stereocenters. The van der Waals surface area contributed by atoms with Gasteiger partial charge in [-0.2, -0.15) is 0 Å². The van der Waals surface area contributed by atoms with Crippen molar-refractivity contribution in [2.75, 3.05) is 18.5 Å². The van der Waals surface area contributed by atoms with Crippen molar-refractivity contribution in [3.05, 3.63) is 34.3 Å². The van der Waals surface area contributed by atoms with Crippen LogP contribution in [0, 0.1) is 0 Å². The predicted molar refractivity (Wildman–Crippen MR) is 78.4 cm³/mol. The Morgan fingerprint density at radius 2 is 2.14 bits per heavy atom. The predicted octanol–water partition coefficient (Wildman–Crippen LogP) is 2.61. The molecular formula is C14H14N2O4S. The van der Waals surface area contributed by atoms with Gasteiger partial charge in [0, 0.05) is 23.6 Å². The number of aromatic nitrogens is 1. The smallest absolute Gasteiger partial charge is 0.365 e. The van der Waals surface area contributed by atoms with E-state index in [1.54, 1.807) is 5.38 Å². The molecule has 0 aliphatic carbocycles. The molecule has 0 saturated heterocycles. The second-order valence-corrected chi connectivity index (χ2v) is 5.37. The summed E-state index contributed by atoms with van der Waals surface area (Å²) < 4.78 is 11.2. The molecule has 1 aliphatic heterocycles. The number of hydrogen-bond acceptors (Lipinski definition) is 6. The summed E-state index contributed by atoms with van der Waals surface area (Å²) in [7, 11) is 0. The normalized spacial score (nSPS) is 13.5. The van der Waals surface area contributed by atoms with Crippen LogP contribution >= 0.6 is 11.3 Å². The Labute approximate surface area is 125 Å². The monoisotopic (exact) mass is 306 g/mol. The van der Waals surface area contributed by atoms with Gasteiger partial charge >= 0.3 is 5.97 Å². The minimum Gasteiger partial charge on any atom is -0.490 e. The van der Waals surface area contributed by atoms with Gasteiger partial charge in [-0.05, 0) is 12.1 Å². The van der Waals surface area contributed by atoms with E-state index in [4.69, 9.17) is 14.6 Å². The van der Waals surface area contributed by atoms with Crippen molar-refractivity contribution >= 4 is 23.0 Å². The molecule has 0 fully saturated rings. The van der Waals surface area contributed by atoms with Gasteiger partial charge in [-0.25, -0.2) is 9.78 Å². The molecule has 6 nitrogen and oxygen atoms in total. The first-order valence-electron chi connectivity index (χ1n) is 6.53. The number of hydrogen-bond donors (Lipinski definition) is 2. The number of thiazole rings is 1. The number of carboxylic acids is 1. The Kier molecular flexibility index (Phi) is 3.92. The standard InChI is InChI=1S/C14H14N2O4S/c17-14(18)13-16-10(8-21-13)7-15-9-2-3-11-12(6-9)20-5-1-4-19-11/h2-3,6,8,15H,1,4-5,7H2,(H,17,18). The Morgan fingerprint density at radius 3 is 2.90 bits per heavy atom. The maximum absolute atomic E-state index is 10.8. The summed E-state index contributed by atoms with van der Waals surface area (Å²) in [6.45, 7) is 1.77. The third kappa shape index (κ3) is 3.25. The molecule has 1 aromatic heterocycles. The molecule has 110 valence electrons. The topological polar surface area (TPSA) is 80.7 Å². The van der Waals surface area contributed by atoms with Crippen LogP contribution in [-0.4, -0.2) is 29.3 Å². The zero-order valence-corrected chi connectivity index (χ0v) is 12.0. The minimum atomic E-state index is -0.998. The molecule has 0 bridgehead atoms. The summed E-state index contributed by atoms with van der Waals surface area (Å²) >= 11 is 1.12. The summed E-state index contributed by atoms with van der Waals surface area (Å²) in [5.74, 6) is 0.476. The minimum absolute atomic E-state index is 0.102. The van der Waals surface area contributed by atoms with Crippen molar-refractivity contribution in [3.63, 3.8) is 0 Å².